The zero-order valence-electron chi connectivity index (χ0n) is 15.4. The minimum absolute atomic E-state index is 0.482. The molecule has 4 rings (SSSR count). The van der Waals surface area contributed by atoms with Crippen LogP contribution >= 0.6 is 0 Å². The Morgan fingerprint density at radius 1 is 1.00 bits per heavy atom. The lowest BCUT2D eigenvalue weighted by molar-refractivity contribution is 0.00733. The molecule has 2 aliphatic rings. The molecule has 1 aromatic heterocycles. The Bertz CT molecular complexity index is 676. The van der Waals surface area contributed by atoms with Crippen molar-refractivity contribution in [3.8, 4) is 0 Å². The molecule has 0 radical (unpaired) electrons. The smallest absolute Gasteiger partial charge is 0.0925 e. The van der Waals surface area contributed by atoms with Crippen LogP contribution in [0.5, 0.6) is 0 Å². The standard InChI is InChI=1S/C21H30N4/c1-18-20(23-17-22-18)14-25-12-6-10-21(16-25)9-5-11-24(15-21)13-19-7-3-2-4-8-19/h2-4,7-8,17H,5-6,9-16H2,1H3,(H,22,23)/t21-/m0/s1. The summed E-state index contributed by atoms with van der Waals surface area (Å²) in [5.41, 5.74) is 4.36. The van der Waals surface area contributed by atoms with E-state index < -0.39 is 0 Å². The fourth-order valence-electron chi connectivity index (χ4n) is 4.82. The zero-order chi connectivity index (χ0) is 17.1. The Labute approximate surface area is 151 Å². The van der Waals surface area contributed by atoms with Crippen LogP contribution in [0, 0.1) is 12.3 Å². The van der Waals surface area contributed by atoms with Crippen molar-refractivity contribution in [3.05, 3.63) is 53.6 Å². The Balaban J connectivity index is 1.40. The van der Waals surface area contributed by atoms with E-state index in [9.17, 15) is 0 Å². The molecule has 25 heavy (non-hydrogen) atoms. The van der Waals surface area contributed by atoms with Crippen molar-refractivity contribution in [3.63, 3.8) is 0 Å². The van der Waals surface area contributed by atoms with E-state index in [0.717, 1.165) is 13.1 Å². The topological polar surface area (TPSA) is 35.2 Å². The monoisotopic (exact) mass is 338 g/mol. The Morgan fingerprint density at radius 3 is 2.32 bits per heavy atom. The summed E-state index contributed by atoms with van der Waals surface area (Å²) < 4.78 is 0. The van der Waals surface area contributed by atoms with Crippen molar-refractivity contribution < 1.29 is 0 Å². The highest BCUT2D eigenvalue weighted by molar-refractivity contribution is 5.15. The van der Waals surface area contributed by atoms with E-state index in [0.29, 0.717) is 5.41 Å². The van der Waals surface area contributed by atoms with E-state index in [1.807, 2.05) is 6.33 Å². The van der Waals surface area contributed by atoms with Crippen LogP contribution in [0.4, 0.5) is 0 Å². The lowest BCUT2D eigenvalue weighted by atomic mass is 9.73. The molecule has 1 atom stereocenters. The average Bonchev–Trinajstić information content (AvgIpc) is 3.01. The number of aryl methyl sites for hydroxylation is 1. The molecule has 1 aromatic carbocycles. The van der Waals surface area contributed by atoms with Crippen molar-refractivity contribution in [1.29, 1.82) is 0 Å². The van der Waals surface area contributed by atoms with Crippen LogP contribution < -0.4 is 0 Å². The fourth-order valence-corrected chi connectivity index (χ4v) is 4.82. The van der Waals surface area contributed by atoms with Gasteiger partial charge in [-0.2, -0.15) is 0 Å². The van der Waals surface area contributed by atoms with Gasteiger partial charge in [0.05, 0.1) is 12.0 Å². The second-order valence-electron chi connectivity index (χ2n) is 8.09. The largest absolute Gasteiger partial charge is 0.348 e. The minimum Gasteiger partial charge on any atom is -0.348 e. The molecular weight excluding hydrogens is 308 g/mol. The molecule has 4 nitrogen and oxygen atoms in total. The molecule has 2 aromatic rings. The Kier molecular flexibility index (Phi) is 4.91. The molecular formula is C21H30N4. The van der Waals surface area contributed by atoms with Crippen molar-refractivity contribution in [2.75, 3.05) is 26.2 Å². The fraction of sp³-hybridized carbons (Fsp3) is 0.571. The van der Waals surface area contributed by atoms with Gasteiger partial charge in [0.2, 0.25) is 0 Å². The predicted molar refractivity (Wildman–Crippen MR) is 101 cm³/mol. The van der Waals surface area contributed by atoms with E-state index in [1.165, 1.54) is 68.8 Å². The van der Waals surface area contributed by atoms with Crippen LogP contribution in [0.1, 0.15) is 42.6 Å². The van der Waals surface area contributed by atoms with E-state index >= 15 is 0 Å². The van der Waals surface area contributed by atoms with E-state index in [2.05, 4.69) is 57.0 Å². The lowest BCUT2D eigenvalue weighted by Gasteiger charge is -2.48. The van der Waals surface area contributed by atoms with Gasteiger partial charge >= 0.3 is 0 Å². The predicted octanol–water partition coefficient (Wildman–Crippen LogP) is 3.60. The number of piperidine rings is 2. The summed E-state index contributed by atoms with van der Waals surface area (Å²) in [6, 6.07) is 10.9. The van der Waals surface area contributed by atoms with Gasteiger partial charge < -0.3 is 4.98 Å². The number of imidazole rings is 1. The van der Waals surface area contributed by atoms with Gasteiger partial charge in [-0.3, -0.25) is 9.80 Å². The third-order valence-corrected chi connectivity index (χ3v) is 6.04. The molecule has 4 heteroatoms. The highest BCUT2D eigenvalue weighted by Crippen LogP contribution is 2.39. The summed E-state index contributed by atoms with van der Waals surface area (Å²) >= 11 is 0. The number of nitrogens with one attached hydrogen (secondary N) is 1. The number of aromatic amines is 1. The van der Waals surface area contributed by atoms with Crippen LogP contribution in [0.25, 0.3) is 0 Å². The third-order valence-electron chi connectivity index (χ3n) is 6.04. The zero-order valence-corrected chi connectivity index (χ0v) is 15.4. The molecule has 0 amide bonds. The summed E-state index contributed by atoms with van der Waals surface area (Å²) in [5.74, 6) is 0. The van der Waals surface area contributed by atoms with Crippen molar-refractivity contribution in [2.45, 2.75) is 45.7 Å². The Morgan fingerprint density at radius 2 is 1.68 bits per heavy atom. The van der Waals surface area contributed by atoms with Gasteiger partial charge in [-0.25, -0.2) is 4.98 Å². The van der Waals surface area contributed by atoms with Crippen LogP contribution in [-0.2, 0) is 13.1 Å². The van der Waals surface area contributed by atoms with Crippen LogP contribution in [-0.4, -0.2) is 45.9 Å². The molecule has 2 aliphatic heterocycles. The van der Waals surface area contributed by atoms with Gasteiger partial charge in [0, 0.05) is 31.9 Å². The lowest BCUT2D eigenvalue weighted by Crippen LogP contribution is -2.51. The number of hydrogen-bond donors (Lipinski definition) is 1. The maximum Gasteiger partial charge on any atom is 0.0925 e. The number of rotatable bonds is 4. The van der Waals surface area contributed by atoms with Crippen molar-refractivity contribution in [2.24, 2.45) is 5.41 Å². The summed E-state index contributed by atoms with van der Waals surface area (Å²) in [4.78, 5) is 13.0. The molecule has 0 bridgehead atoms. The van der Waals surface area contributed by atoms with Crippen LogP contribution in [0.15, 0.2) is 36.7 Å². The highest BCUT2D eigenvalue weighted by Gasteiger charge is 2.39. The van der Waals surface area contributed by atoms with E-state index in [-0.39, 0.29) is 0 Å². The summed E-state index contributed by atoms with van der Waals surface area (Å²) in [6.07, 6.45) is 7.25. The summed E-state index contributed by atoms with van der Waals surface area (Å²) in [6.45, 7) is 9.16. The van der Waals surface area contributed by atoms with Gasteiger partial charge in [0.1, 0.15) is 0 Å². The molecule has 2 fully saturated rings. The first kappa shape index (κ1) is 16.8. The van der Waals surface area contributed by atoms with E-state index in [1.54, 1.807) is 0 Å². The number of benzene rings is 1. The molecule has 0 unspecified atom stereocenters. The van der Waals surface area contributed by atoms with Gasteiger partial charge in [0.15, 0.2) is 0 Å². The minimum atomic E-state index is 0.482. The van der Waals surface area contributed by atoms with E-state index in [4.69, 9.17) is 0 Å². The molecule has 1 N–H and O–H groups in total. The van der Waals surface area contributed by atoms with Gasteiger partial charge in [0.25, 0.3) is 0 Å². The highest BCUT2D eigenvalue weighted by atomic mass is 15.2. The summed E-state index contributed by atoms with van der Waals surface area (Å²) in [5, 5.41) is 0. The third kappa shape index (κ3) is 3.96. The maximum absolute atomic E-state index is 4.51. The van der Waals surface area contributed by atoms with Crippen molar-refractivity contribution in [1.82, 2.24) is 19.8 Å². The second-order valence-corrected chi connectivity index (χ2v) is 8.09. The number of likely N-dealkylation sites (tertiary alicyclic amines) is 2. The number of hydrogen-bond acceptors (Lipinski definition) is 3. The molecule has 0 aliphatic carbocycles. The normalized spacial score (nSPS) is 25.5. The molecule has 0 saturated carbocycles. The maximum atomic E-state index is 4.51. The number of H-pyrrole nitrogens is 1. The molecule has 2 saturated heterocycles. The summed E-state index contributed by atoms with van der Waals surface area (Å²) in [7, 11) is 0. The first-order chi connectivity index (χ1) is 12.2. The van der Waals surface area contributed by atoms with Crippen LogP contribution in [0.2, 0.25) is 0 Å². The molecule has 1 spiro atoms. The average molecular weight is 338 g/mol. The Hall–Kier alpha value is -1.65. The molecule has 134 valence electrons. The first-order valence-electron chi connectivity index (χ1n) is 9.70. The van der Waals surface area contributed by atoms with Gasteiger partial charge in [-0.15, -0.1) is 0 Å². The first-order valence-corrected chi connectivity index (χ1v) is 9.70. The van der Waals surface area contributed by atoms with Crippen LogP contribution in [0.3, 0.4) is 0 Å². The SMILES string of the molecule is Cc1[nH]cnc1CN1CCC[C@]2(CCCN(Cc3ccccc3)C2)C1. The second kappa shape index (κ2) is 7.30. The number of nitrogens with zero attached hydrogens (tertiary/aromatic N) is 3. The quantitative estimate of drug-likeness (QED) is 0.925. The number of aromatic nitrogens is 2. The van der Waals surface area contributed by atoms with Crippen molar-refractivity contribution >= 4 is 0 Å². The van der Waals surface area contributed by atoms with Gasteiger partial charge in [-0.05, 0) is 56.7 Å². The van der Waals surface area contributed by atoms with Gasteiger partial charge in [-0.1, -0.05) is 30.3 Å². The molecule has 3 heterocycles.